The van der Waals surface area contributed by atoms with Crippen LogP contribution in [0.15, 0.2) is 30.9 Å². The van der Waals surface area contributed by atoms with Crippen molar-refractivity contribution in [3.63, 3.8) is 0 Å². The van der Waals surface area contributed by atoms with Gasteiger partial charge in [0, 0.05) is 36.6 Å². The second kappa shape index (κ2) is 8.97. The molecule has 0 atom stereocenters. The maximum atomic E-state index is 9.71. The van der Waals surface area contributed by atoms with Crippen LogP contribution in [-0.2, 0) is 13.1 Å². The van der Waals surface area contributed by atoms with Crippen molar-refractivity contribution in [2.45, 2.75) is 53.2 Å². The van der Waals surface area contributed by atoms with Gasteiger partial charge in [-0.25, -0.2) is 9.97 Å². The van der Waals surface area contributed by atoms with E-state index in [0.29, 0.717) is 12.4 Å². The average Bonchev–Trinajstić information content (AvgIpc) is 3.51. The molecule has 0 unspecified atom stereocenters. The summed E-state index contributed by atoms with van der Waals surface area (Å²) in [5.41, 5.74) is 4.29. The first kappa shape index (κ1) is 22.4. The Morgan fingerprint density at radius 1 is 1.22 bits per heavy atom. The van der Waals surface area contributed by atoms with E-state index in [9.17, 15) is 5.11 Å². The van der Waals surface area contributed by atoms with Gasteiger partial charge in [-0.1, -0.05) is 6.92 Å². The fourth-order valence-corrected chi connectivity index (χ4v) is 4.34. The molecule has 2 N–H and O–H groups in total. The number of aryl methyl sites for hydroxylation is 2. The van der Waals surface area contributed by atoms with Crippen molar-refractivity contribution in [1.82, 2.24) is 33.4 Å². The van der Waals surface area contributed by atoms with Crippen LogP contribution in [0, 0.1) is 6.92 Å². The number of fused-ring (bicyclic) bond motifs is 1. The first-order valence-electron chi connectivity index (χ1n) is 10.8. The van der Waals surface area contributed by atoms with E-state index in [1.165, 1.54) is 11.5 Å². The van der Waals surface area contributed by atoms with Crippen molar-refractivity contribution < 1.29 is 5.11 Å². The zero-order valence-corrected chi connectivity index (χ0v) is 20.0. The summed E-state index contributed by atoms with van der Waals surface area (Å²) in [6.45, 7) is 12.6. The molecule has 0 saturated carbocycles. The molecule has 0 spiro atoms. The normalized spacial score (nSPS) is 12.2. The summed E-state index contributed by atoms with van der Waals surface area (Å²) in [5, 5.41) is 18.4. The Bertz CT molecular complexity index is 1210. The van der Waals surface area contributed by atoms with Crippen molar-refractivity contribution in [3.8, 4) is 11.3 Å². The third-order valence-corrected chi connectivity index (χ3v) is 6.39. The fourth-order valence-electron chi connectivity index (χ4n) is 3.69. The van der Waals surface area contributed by atoms with E-state index >= 15 is 0 Å². The van der Waals surface area contributed by atoms with Crippen LogP contribution in [-0.4, -0.2) is 57.2 Å². The van der Waals surface area contributed by atoms with Gasteiger partial charge in [0.1, 0.15) is 5.00 Å². The number of hydrogen-bond acceptors (Lipinski definition) is 8. The smallest absolute Gasteiger partial charge is 0.180 e. The minimum absolute atomic E-state index is 0.0979. The number of aliphatic hydroxyl groups is 1. The highest BCUT2D eigenvalue weighted by Crippen LogP contribution is 2.28. The van der Waals surface area contributed by atoms with Gasteiger partial charge >= 0.3 is 0 Å². The van der Waals surface area contributed by atoms with Crippen molar-refractivity contribution in [2.75, 3.05) is 18.5 Å². The number of rotatable bonds is 9. The van der Waals surface area contributed by atoms with Gasteiger partial charge in [0.25, 0.3) is 0 Å². The van der Waals surface area contributed by atoms with Crippen LogP contribution < -0.4 is 5.32 Å². The maximum absolute atomic E-state index is 9.71. The lowest BCUT2D eigenvalue weighted by molar-refractivity contribution is 0.0544. The molecule has 0 amide bonds. The topological polar surface area (TPSA) is 96.4 Å². The number of nitrogens with one attached hydrogen (secondary N) is 1. The zero-order valence-electron chi connectivity index (χ0n) is 19.2. The van der Waals surface area contributed by atoms with Crippen LogP contribution in [0.3, 0.4) is 0 Å². The molecule has 4 aromatic heterocycles. The van der Waals surface area contributed by atoms with Gasteiger partial charge in [0.2, 0.25) is 0 Å². The molecule has 4 aromatic rings. The largest absolute Gasteiger partial charge is 0.394 e. The summed E-state index contributed by atoms with van der Waals surface area (Å²) < 4.78 is 8.55. The highest BCUT2D eigenvalue weighted by Gasteiger charge is 2.25. The molecule has 0 aliphatic carbocycles. The van der Waals surface area contributed by atoms with Gasteiger partial charge in [0.05, 0.1) is 36.1 Å². The predicted octanol–water partition coefficient (Wildman–Crippen LogP) is 3.71. The number of aliphatic hydroxyl groups excluding tert-OH is 1. The van der Waals surface area contributed by atoms with E-state index in [2.05, 4.69) is 43.5 Å². The molecule has 32 heavy (non-hydrogen) atoms. The van der Waals surface area contributed by atoms with E-state index in [4.69, 9.17) is 0 Å². The van der Waals surface area contributed by atoms with E-state index in [1.54, 1.807) is 0 Å². The summed E-state index contributed by atoms with van der Waals surface area (Å²) in [4.78, 5) is 11.5. The Labute approximate surface area is 191 Å². The highest BCUT2D eigenvalue weighted by molar-refractivity contribution is 7.10. The van der Waals surface area contributed by atoms with Crippen LogP contribution in [0.1, 0.15) is 39.1 Å². The quantitative estimate of drug-likeness (QED) is 0.398. The monoisotopic (exact) mass is 454 g/mol. The van der Waals surface area contributed by atoms with Gasteiger partial charge < -0.3 is 10.4 Å². The van der Waals surface area contributed by atoms with Crippen molar-refractivity contribution >= 4 is 28.0 Å². The standard InChI is InChI=1S/C22H30N8OS/c1-6-28(22(4,5)14-31)13-17-8-19(32-27-17)26-20-21-23-10-18(30(21)11-15(3)25-20)16-9-24-29(7-2)12-16/h8-12,31H,6-7,13-14H2,1-5H3,(H,25,26). The number of hydrogen-bond donors (Lipinski definition) is 2. The molecular weight excluding hydrogens is 424 g/mol. The van der Waals surface area contributed by atoms with Crippen LogP contribution in [0.25, 0.3) is 16.9 Å². The Kier molecular flexibility index (Phi) is 6.27. The Hall–Kier alpha value is -2.82. The van der Waals surface area contributed by atoms with Gasteiger partial charge in [-0.2, -0.15) is 9.47 Å². The van der Waals surface area contributed by atoms with Crippen LogP contribution in [0.2, 0.25) is 0 Å². The molecule has 0 radical (unpaired) electrons. The van der Waals surface area contributed by atoms with E-state index in [0.717, 1.165) is 46.4 Å². The SMILES string of the molecule is CCN(Cc1cc(Nc2nc(C)cn3c(-c4cnn(CC)c4)cnc23)sn1)C(C)(C)CO. The first-order valence-corrected chi connectivity index (χ1v) is 11.6. The lowest BCUT2D eigenvalue weighted by Gasteiger charge is -2.35. The van der Waals surface area contributed by atoms with E-state index in [-0.39, 0.29) is 12.1 Å². The molecule has 10 heteroatoms. The third kappa shape index (κ3) is 4.38. The summed E-state index contributed by atoms with van der Waals surface area (Å²) in [6.07, 6.45) is 7.72. The van der Waals surface area contributed by atoms with Gasteiger partial charge in [-0.15, -0.1) is 0 Å². The summed E-state index contributed by atoms with van der Waals surface area (Å²) >= 11 is 1.40. The summed E-state index contributed by atoms with van der Waals surface area (Å²) in [6, 6.07) is 2.04. The van der Waals surface area contributed by atoms with Crippen molar-refractivity contribution in [2.24, 2.45) is 0 Å². The van der Waals surface area contributed by atoms with Crippen molar-refractivity contribution in [1.29, 1.82) is 0 Å². The fraction of sp³-hybridized carbons (Fsp3) is 0.455. The number of likely N-dealkylation sites (N-methyl/N-ethyl adjacent to an activating group) is 1. The molecule has 0 aliphatic rings. The first-order chi connectivity index (χ1) is 15.3. The van der Waals surface area contributed by atoms with Gasteiger partial charge in [-0.05, 0) is 51.8 Å². The Morgan fingerprint density at radius 3 is 2.72 bits per heavy atom. The molecular formula is C22H30N8OS. The lowest BCUT2D eigenvalue weighted by Crippen LogP contribution is -2.46. The molecule has 0 aliphatic heterocycles. The molecule has 4 rings (SSSR count). The van der Waals surface area contributed by atoms with Crippen molar-refractivity contribution in [3.05, 3.63) is 42.2 Å². The maximum Gasteiger partial charge on any atom is 0.180 e. The predicted molar refractivity (Wildman–Crippen MR) is 127 cm³/mol. The second-order valence-corrected chi connectivity index (χ2v) is 9.25. The lowest BCUT2D eigenvalue weighted by atomic mass is 10.0. The number of anilines is 2. The Balaban J connectivity index is 1.60. The van der Waals surface area contributed by atoms with Crippen LogP contribution >= 0.6 is 11.5 Å². The second-order valence-electron chi connectivity index (χ2n) is 8.44. The number of imidazole rings is 1. The van der Waals surface area contributed by atoms with Crippen LogP contribution in [0.5, 0.6) is 0 Å². The van der Waals surface area contributed by atoms with Crippen LogP contribution in [0.4, 0.5) is 10.8 Å². The number of aromatic nitrogens is 6. The van der Waals surface area contributed by atoms with E-state index < -0.39 is 0 Å². The molecule has 9 nitrogen and oxygen atoms in total. The number of nitrogens with zero attached hydrogens (tertiary/aromatic N) is 7. The average molecular weight is 455 g/mol. The van der Waals surface area contributed by atoms with E-state index in [1.807, 2.05) is 60.7 Å². The van der Waals surface area contributed by atoms with Gasteiger partial charge in [0.15, 0.2) is 11.5 Å². The summed E-state index contributed by atoms with van der Waals surface area (Å²) in [7, 11) is 0. The zero-order chi connectivity index (χ0) is 22.9. The molecule has 170 valence electrons. The molecule has 4 heterocycles. The van der Waals surface area contributed by atoms with Gasteiger partial charge in [-0.3, -0.25) is 14.0 Å². The molecule has 0 fully saturated rings. The third-order valence-electron chi connectivity index (χ3n) is 5.64. The highest BCUT2D eigenvalue weighted by atomic mass is 32.1. The molecule has 0 saturated heterocycles. The molecule has 0 bridgehead atoms. The molecule has 0 aromatic carbocycles. The minimum atomic E-state index is -0.298. The summed E-state index contributed by atoms with van der Waals surface area (Å²) in [5.74, 6) is 0.692. The minimum Gasteiger partial charge on any atom is -0.394 e. The Morgan fingerprint density at radius 2 is 2.03 bits per heavy atom.